The lowest BCUT2D eigenvalue weighted by molar-refractivity contribution is -0.137. The molecule has 0 unspecified atom stereocenters. The Morgan fingerprint density at radius 1 is 1.17 bits per heavy atom. The Morgan fingerprint density at radius 2 is 1.78 bits per heavy atom. The third-order valence-corrected chi connectivity index (χ3v) is 2.19. The Bertz CT molecular complexity index is 618. The van der Waals surface area contributed by atoms with Gasteiger partial charge in [-0.15, -0.1) is 0 Å². The molecule has 18 heavy (non-hydrogen) atoms. The van der Waals surface area contributed by atoms with Gasteiger partial charge in [-0.1, -0.05) is 0 Å². The van der Waals surface area contributed by atoms with Gasteiger partial charge >= 0.3 is 11.9 Å². The van der Waals surface area contributed by atoms with E-state index in [-0.39, 0.29) is 11.6 Å². The molecule has 0 radical (unpaired) electrons. The zero-order valence-corrected chi connectivity index (χ0v) is 8.85. The third kappa shape index (κ3) is 2.31. The van der Waals surface area contributed by atoms with Crippen LogP contribution in [0.4, 0.5) is 19.1 Å². The summed E-state index contributed by atoms with van der Waals surface area (Å²) in [6.45, 7) is 0. The summed E-state index contributed by atoms with van der Waals surface area (Å²) in [6.07, 6.45) is -3.31. The maximum atomic E-state index is 12.3. The van der Waals surface area contributed by atoms with Crippen molar-refractivity contribution in [3.05, 3.63) is 46.6 Å². The molecule has 0 bridgehead atoms. The highest BCUT2D eigenvalue weighted by molar-refractivity contribution is 5.35. The third-order valence-electron chi connectivity index (χ3n) is 2.19. The molecule has 94 valence electrons. The van der Waals surface area contributed by atoms with E-state index in [4.69, 9.17) is 5.73 Å². The fourth-order valence-electron chi connectivity index (χ4n) is 1.34. The minimum Gasteiger partial charge on any atom is -0.368 e. The van der Waals surface area contributed by atoms with E-state index in [2.05, 4.69) is 9.97 Å². The van der Waals surface area contributed by atoms with Crippen LogP contribution in [-0.2, 0) is 6.18 Å². The molecule has 8 heteroatoms. The lowest BCUT2D eigenvalue weighted by atomic mass is 10.2. The maximum Gasteiger partial charge on any atom is 0.416 e. The van der Waals surface area contributed by atoms with Crippen molar-refractivity contribution in [2.45, 2.75) is 6.18 Å². The van der Waals surface area contributed by atoms with Crippen molar-refractivity contribution in [2.24, 2.45) is 0 Å². The number of nitrogens with two attached hydrogens (primary N) is 1. The highest BCUT2D eigenvalue weighted by Crippen LogP contribution is 2.29. The Morgan fingerprint density at radius 3 is 2.28 bits per heavy atom. The van der Waals surface area contributed by atoms with Gasteiger partial charge in [-0.2, -0.15) is 18.2 Å². The van der Waals surface area contributed by atoms with Crippen LogP contribution < -0.4 is 11.4 Å². The van der Waals surface area contributed by atoms with Gasteiger partial charge in [-0.25, -0.2) is 9.78 Å². The fraction of sp³-hybridized carbons (Fsp3) is 0.100. The van der Waals surface area contributed by atoms with Crippen molar-refractivity contribution >= 4 is 5.95 Å². The lowest BCUT2D eigenvalue weighted by Crippen LogP contribution is -2.23. The number of hydrogen-bond donors (Lipinski definition) is 1. The summed E-state index contributed by atoms with van der Waals surface area (Å²) in [5.41, 5.74) is 3.93. The normalized spacial score (nSPS) is 11.5. The summed E-state index contributed by atoms with van der Waals surface area (Å²) < 4.78 is 38.0. The van der Waals surface area contributed by atoms with Crippen LogP contribution >= 0.6 is 0 Å². The minimum atomic E-state index is -4.42. The number of hydrogen-bond acceptors (Lipinski definition) is 4. The topological polar surface area (TPSA) is 73.8 Å². The van der Waals surface area contributed by atoms with Crippen LogP contribution in [0.1, 0.15) is 5.56 Å². The van der Waals surface area contributed by atoms with E-state index >= 15 is 0 Å². The number of aromatic nitrogens is 3. The SMILES string of the molecule is Nc1ncn(-c2ccc(C(F)(F)F)cc2)c(=O)n1. The molecule has 1 aromatic carbocycles. The first-order chi connectivity index (χ1) is 8.38. The monoisotopic (exact) mass is 256 g/mol. The molecule has 0 spiro atoms. The summed E-state index contributed by atoms with van der Waals surface area (Å²) in [4.78, 5) is 18.4. The molecular formula is C10H7F3N4O. The van der Waals surface area contributed by atoms with Gasteiger partial charge in [0.05, 0.1) is 11.3 Å². The van der Waals surface area contributed by atoms with E-state index in [1.807, 2.05) is 0 Å². The second-order valence-corrected chi connectivity index (χ2v) is 3.41. The van der Waals surface area contributed by atoms with Gasteiger partial charge < -0.3 is 5.73 Å². The first kappa shape index (κ1) is 12.1. The van der Waals surface area contributed by atoms with Gasteiger partial charge in [-0.3, -0.25) is 4.57 Å². The van der Waals surface area contributed by atoms with Crippen LogP contribution in [0.2, 0.25) is 0 Å². The Hall–Kier alpha value is -2.38. The van der Waals surface area contributed by atoms with E-state index < -0.39 is 17.4 Å². The number of nitrogens with zero attached hydrogens (tertiary/aromatic N) is 3. The first-order valence-corrected chi connectivity index (χ1v) is 4.77. The molecule has 0 aliphatic heterocycles. The summed E-state index contributed by atoms with van der Waals surface area (Å²) >= 11 is 0. The van der Waals surface area contributed by atoms with Crippen LogP contribution in [0.25, 0.3) is 5.69 Å². The molecule has 2 aromatic rings. The number of alkyl halides is 3. The predicted molar refractivity (Wildman–Crippen MR) is 57.0 cm³/mol. The van der Waals surface area contributed by atoms with Gasteiger partial charge in [0.2, 0.25) is 5.95 Å². The van der Waals surface area contributed by atoms with Gasteiger partial charge in [0.25, 0.3) is 0 Å². The molecular weight excluding hydrogens is 249 g/mol. The molecule has 0 aliphatic carbocycles. The van der Waals surface area contributed by atoms with Crippen LogP contribution in [0, 0.1) is 0 Å². The van der Waals surface area contributed by atoms with Crippen molar-refractivity contribution < 1.29 is 13.2 Å². The minimum absolute atomic E-state index is 0.192. The van der Waals surface area contributed by atoms with Gasteiger partial charge in [0.1, 0.15) is 6.33 Å². The predicted octanol–water partition coefficient (Wildman–Crippen LogP) is 1.23. The molecule has 0 amide bonds. The number of rotatable bonds is 1. The van der Waals surface area contributed by atoms with Crippen LogP contribution in [0.5, 0.6) is 0 Å². The Kier molecular flexibility index (Phi) is 2.77. The summed E-state index contributed by atoms with van der Waals surface area (Å²) in [7, 11) is 0. The molecule has 0 aliphatic rings. The maximum absolute atomic E-state index is 12.3. The van der Waals surface area contributed by atoms with Crippen LogP contribution in [-0.4, -0.2) is 14.5 Å². The smallest absolute Gasteiger partial charge is 0.368 e. The van der Waals surface area contributed by atoms with Crippen molar-refractivity contribution in [1.82, 2.24) is 14.5 Å². The number of nitrogen functional groups attached to an aromatic ring is 1. The first-order valence-electron chi connectivity index (χ1n) is 4.77. The van der Waals surface area contributed by atoms with Crippen molar-refractivity contribution in [3.63, 3.8) is 0 Å². The number of halogens is 3. The van der Waals surface area contributed by atoms with E-state index in [1.54, 1.807) is 0 Å². The molecule has 2 N–H and O–H groups in total. The van der Waals surface area contributed by atoms with Gasteiger partial charge in [-0.05, 0) is 24.3 Å². The second-order valence-electron chi connectivity index (χ2n) is 3.41. The van der Waals surface area contributed by atoms with Crippen molar-refractivity contribution in [3.8, 4) is 5.69 Å². The van der Waals surface area contributed by atoms with E-state index in [1.165, 1.54) is 0 Å². The molecule has 5 nitrogen and oxygen atoms in total. The molecule has 0 saturated carbocycles. The quantitative estimate of drug-likeness (QED) is 0.832. The van der Waals surface area contributed by atoms with E-state index in [0.717, 1.165) is 35.2 Å². The number of benzene rings is 1. The summed E-state index contributed by atoms with van der Waals surface area (Å²) in [5, 5.41) is 0. The molecule has 1 heterocycles. The highest BCUT2D eigenvalue weighted by Gasteiger charge is 2.30. The highest BCUT2D eigenvalue weighted by atomic mass is 19.4. The molecule has 1 aromatic heterocycles. The fourth-order valence-corrected chi connectivity index (χ4v) is 1.34. The van der Waals surface area contributed by atoms with Crippen molar-refractivity contribution in [2.75, 3.05) is 5.73 Å². The molecule has 2 rings (SSSR count). The van der Waals surface area contributed by atoms with E-state index in [0.29, 0.717) is 0 Å². The molecule has 0 atom stereocenters. The van der Waals surface area contributed by atoms with Crippen molar-refractivity contribution in [1.29, 1.82) is 0 Å². The Balaban J connectivity index is 2.44. The molecule has 0 fully saturated rings. The average Bonchev–Trinajstić information content (AvgIpc) is 2.28. The second kappa shape index (κ2) is 4.13. The van der Waals surface area contributed by atoms with E-state index in [9.17, 15) is 18.0 Å². The number of anilines is 1. The largest absolute Gasteiger partial charge is 0.416 e. The standard InChI is InChI=1S/C10H7F3N4O/c11-10(12,13)6-1-3-7(4-2-6)17-5-15-8(14)16-9(17)18/h1-5H,(H2,14,16,18). The lowest BCUT2D eigenvalue weighted by Gasteiger charge is -2.08. The summed E-state index contributed by atoms with van der Waals surface area (Å²) in [6, 6.07) is 4.06. The van der Waals surface area contributed by atoms with Gasteiger partial charge in [0, 0.05) is 0 Å². The van der Waals surface area contributed by atoms with Crippen LogP contribution in [0.3, 0.4) is 0 Å². The summed E-state index contributed by atoms with van der Waals surface area (Å²) in [5.74, 6) is -0.192. The van der Waals surface area contributed by atoms with Gasteiger partial charge in [0.15, 0.2) is 0 Å². The average molecular weight is 256 g/mol. The van der Waals surface area contributed by atoms with Crippen LogP contribution in [0.15, 0.2) is 35.4 Å². The Labute approximate surface area is 98.7 Å². The molecule has 0 saturated heterocycles. The zero-order chi connectivity index (χ0) is 13.3. The zero-order valence-electron chi connectivity index (χ0n) is 8.85.